The number of benzene rings is 1. The fourth-order valence-electron chi connectivity index (χ4n) is 4.79. The molecule has 37 heavy (non-hydrogen) atoms. The molecule has 0 saturated carbocycles. The average Bonchev–Trinajstić information content (AvgIpc) is 2.85. The van der Waals surface area contributed by atoms with Crippen molar-refractivity contribution in [3.8, 4) is 0 Å². The SMILES string of the molecule is CC/C(C)=C(/NC(=O)C1(C)CCN(ONc2cccc(Cl)c2)CC1)C1CCCN(C(=O)NC(C)(C)C)C1. The van der Waals surface area contributed by atoms with Crippen molar-refractivity contribution in [2.75, 3.05) is 31.7 Å². The van der Waals surface area contributed by atoms with E-state index in [1.54, 1.807) is 6.07 Å². The summed E-state index contributed by atoms with van der Waals surface area (Å²) >= 11 is 6.04. The minimum Gasteiger partial charge on any atom is -0.333 e. The minimum atomic E-state index is -0.493. The van der Waals surface area contributed by atoms with Gasteiger partial charge in [-0.05, 0) is 78.0 Å². The van der Waals surface area contributed by atoms with Crippen LogP contribution in [0.5, 0.6) is 0 Å². The fraction of sp³-hybridized carbons (Fsp3) is 0.643. The Labute approximate surface area is 227 Å². The van der Waals surface area contributed by atoms with Gasteiger partial charge >= 0.3 is 6.03 Å². The largest absolute Gasteiger partial charge is 0.333 e. The summed E-state index contributed by atoms with van der Waals surface area (Å²) in [5, 5.41) is 8.88. The summed E-state index contributed by atoms with van der Waals surface area (Å²) in [6.07, 6.45) is 4.09. The summed E-state index contributed by atoms with van der Waals surface area (Å²) in [4.78, 5) is 34.0. The smallest absolute Gasteiger partial charge is 0.317 e. The molecule has 0 aromatic heterocycles. The predicted molar refractivity (Wildman–Crippen MR) is 149 cm³/mol. The van der Waals surface area contributed by atoms with Crippen LogP contribution in [-0.4, -0.2) is 53.6 Å². The molecule has 3 amide bonds. The molecule has 0 radical (unpaired) electrons. The van der Waals surface area contributed by atoms with E-state index in [-0.39, 0.29) is 23.4 Å². The Kier molecular flexibility index (Phi) is 9.89. The second-order valence-corrected chi connectivity index (χ2v) is 12.1. The first-order chi connectivity index (χ1) is 17.4. The Bertz CT molecular complexity index is 982. The lowest BCUT2D eigenvalue weighted by Gasteiger charge is -2.39. The lowest BCUT2D eigenvalue weighted by molar-refractivity contribution is -0.165. The van der Waals surface area contributed by atoms with Crippen LogP contribution in [0, 0.1) is 11.3 Å². The van der Waals surface area contributed by atoms with Gasteiger partial charge in [-0.15, -0.1) is 0 Å². The Morgan fingerprint density at radius 2 is 1.89 bits per heavy atom. The Morgan fingerprint density at radius 1 is 1.19 bits per heavy atom. The highest BCUT2D eigenvalue weighted by Crippen LogP contribution is 2.33. The van der Waals surface area contributed by atoms with Crippen molar-refractivity contribution in [3.63, 3.8) is 0 Å². The molecule has 1 atom stereocenters. The van der Waals surface area contributed by atoms with E-state index in [4.69, 9.17) is 16.5 Å². The van der Waals surface area contributed by atoms with E-state index >= 15 is 0 Å². The molecule has 3 rings (SSSR count). The lowest BCUT2D eigenvalue weighted by Crippen LogP contribution is -2.53. The first kappa shape index (κ1) is 29.3. The van der Waals surface area contributed by atoms with Gasteiger partial charge in [0.15, 0.2) is 0 Å². The van der Waals surface area contributed by atoms with Gasteiger partial charge in [-0.25, -0.2) is 10.3 Å². The molecule has 3 N–H and O–H groups in total. The van der Waals surface area contributed by atoms with Gasteiger partial charge in [0.2, 0.25) is 5.91 Å². The highest BCUT2D eigenvalue weighted by Gasteiger charge is 2.39. The maximum atomic E-state index is 13.6. The van der Waals surface area contributed by atoms with Crippen molar-refractivity contribution in [1.82, 2.24) is 20.6 Å². The summed E-state index contributed by atoms with van der Waals surface area (Å²) in [6.45, 7) is 14.8. The third-order valence-electron chi connectivity index (χ3n) is 7.33. The predicted octanol–water partition coefficient (Wildman–Crippen LogP) is 5.72. The van der Waals surface area contributed by atoms with Crippen LogP contribution >= 0.6 is 11.6 Å². The number of allylic oxidation sites excluding steroid dienone is 1. The quantitative estimate of drug-likeness (QED) is 0.390. The van der Waals surface area contributed by atoms with Crippen LogP contribution in [0.15, 0.2) is 35.5 Å². The fourth-order valence-corrected chi connectivity index (χ4v) is 4.98. The Balaban J connectivity index is 1.59. The third-order valence-corrected chi connectivity index (χ3v) is 7.56. The molecular weight excluding hydrogens is 490 g/mol. The number of hydrogen-bond acceptors (Lipinski definition) is 5. The van der Waals surface area contributed by atoms with Crippen molar-refractivity contribution in [2.45, 2.75) is 79.2 Å². The Hall–Kier alpha value is -2.29. The van der Waals surface area contributed by atoms with E-state index < -0.39 is 5.41 Å². The van der Waals surface area contributed by atoms with Gasteiger partial charge in [-0.1, -0.05) is 37.1 Å². The number of likely N-dealkylation sites (tertiary alicyclic amines) is 1. The highest BCUT2D eigenvalue weighted by atomic mass is 35.5. The highest BCUT2D eigenvalue weighted by molar-refractivity contribution is 6.30. The topological polar surface area (TPSA) is 85.9 Å². The average molecular weight is 534 g/mol. The number of nitrogens with one attached hydrogen (secondary N) is 3. The van der Waals surface area contributed by atoms with Crippen molar-refractivity contribution in [2.24, 2.45) is 11.3 Å². The maximum Gasteiger partial charge on any atom is 0.317 e. The number of anilines is 1. The summed E-state index contributed by atoms with van der Waals surface area (Å²) < 4.78 is 0. The monoisotopic (exact) mass is 533 g/mol. The van der Waals surface area contributed by atoms with Crippen molar-refractivity contribution >= 4 is 29.2 Å². The van der Waals surface area contributed by atoms with E-state index in [1.165, 1.54) is 5.57 Å². The van der Waals surface area contributed by atoms with Gasteiger partial charge in [-0.3, -0.25) is 4.79 Å². The van der Waals surface area contributed by atoms with Crippen LogP contribution in [0.3, 0.4) is 0 Å². The molecule has 8 nitrogen and oxygen atoms in total. The number of carbonyl (C=O) groups excluding carboxylic acids is 2. The molecule has 9 heteroatoms. The molecule has 2 saturated heterocycles. The molecule has 0 aliphatic carbocycles. The molecule has 1 unspecified atom stereocenters. The van der Waals surface area contributed by atoms with Crippen LogP contribution in [0.4, 0.5) is 10.5 Å². The zero-order chi connectivity index (χ0) is 27.2. The zero-order valence-corrected chi connectivity index (χ0v) is 24.0. The summed E-state index contributed by atoms with van der Waals surface area (Å²) in [5.41, 5.74) is 5.10. The van der Waals surface area contributed by atoms with E-state index in [9.17, 15) is 9.59 Å². The van der Waals surface area contributed by atoms with Crippen molar-refractivity contribution < 1.29 is 14.5 Å². The third kappa shape index (κ3) is 8.35. The molecule has 206 valence electrons. The normalized spacial score (nSPS) is 21.2. The molecule has 2 heterocycles. The van der Waals surface area contributed by atoms with Crippen LogP contribution < -0.4 is 16.1 Å². The number of nitrogens with zero attached hydrogens (tertiary/aromatic N) is 2. The maximum absolute atomic E-state index is 13.6. The molecule has 2 aliphatic heterocycles. The number of hydrogen-bond donors (Lipinski definition) is 3. The van der Waals surface area contributed by atoms with Gasteiger partial charge < -0.3 is 15.5 Å². The standard InChI is InChI=1S/C28H44ClN5O3/c1-7-20(2)24(21-10-9-15-33(19-21)26(36)31-27(3,4)5)30-25(35)28(6)13-16-34(17-14-28)37-32-23-12-8-11-22(29)18-23/h8,11-12,18,21,32H,7,9-10,13-17,19H2,1-6H3,(H,30,35)(H,31,36)/b24-20+. The van der Waals surface area contributed by atoms with E-state index in [0.717, 1.165) is 37.2 Å². The zero-order valence-electron chi connectivity index (χ0n) is 23.2. The van der Waals surface area contributed by atoms with Gasteiger partial charge in [-0.2, -0.15) is 10.0 Å². The number of hydroxylamine groups is 2. The van der Waals surface area contributed by atoms with E-state index in [1.807, 2.05) is 55.9 Å². The van der Waals surface area contributed by atoms with Gasteiger partial charge in [0.1, 0.15) is 0 Å². The summed E-state index contributed by atoms with van der Waals surface area (Å²) in [6, 6.07) is 7.31. The minimum absolute atomic E-state index is 0.0391. The van der Waals surface area contributed by atoms with Crippen molar-refractivity contribution in [3.05, 3.63) is 40.6 Å². The first-order valence-electron chi connectivity index (χ1n) is 13.4. The number of carbonyl (C=O) groups is 2. The molecule has 0 spiro atoms. The molecule has 1 aromatic carbocycles. The summed E-state index contributed by atoms with van der Waals surface area (Å²) in [7, 11) is 0. The second-order valence-electron chi connectivity index (χ2n) is 11.7. The van der Waals surface area contributed by atoms with Gasteiger partial charge in [0.25, 0.3) is 0 Å². The number of halogens is 1. The molecule has 2 fully saturated rings. The van der Waals surface area contributed by atoms with Gasteiger partial charge in [0, 0.05) is 53.8 Å². The number of piperidine rings is 2. The van der Waals surface area contributed by atoms with Crippen LogP contribution in [0.1, 0.15) is 73.6 Å². The lowest BCUT2D eigenvalue weighted by atomic mass is 9.79. The second kappa shape index (κ2) is 12.5. The Morgan fingerprint density at radius 3 is 2.51 bits per heavy atom. The number of urea groups is 1. The van der Waals surface area contributed by atoms with Crippen molar-refractivity contribution in [1.29, 1.82) is 0 Å². The van der Waals surface area contributed by atoms with Crippen LogP contribution in [-0.2, 0) is 9.73 Å². The molecule has 2 aliphatic rings. The molecule has 0 bridgehead atoms. The van der Waals surface area contributed by atoms with Gasteiger partial charge in [0.05, 0.1) is 5.69 Å². The number of rotatable bonds is 7. The molecule has 1 aromatic rings. The van der Waals surface area contributed by atoms with Crippen LogP contribution in [0.25, 0.3) is 0 Å². The first-order valence-corrected chi connectivity index (χ1v) is 13.8. The van der Waals surface area contributed by atoms with E-state index in [2.05, 4.69) is 30.0 Å². The summed E-state index contributed by atoms with van der Waals surface area (Å²) in [5.74, 6) is 0.173. The number of amides is 3. The molecular formula is C28H44ClN5O3. The van der Waals surface area contributed by atoms with E-state index in [0.29, 0.717) is 37.5 Å². The van der Waals surface area contributed by atoms with Crippen LogP contribution in [0.2, 0.25) is 5.02 Å².